The number of aliphatic hydroxyl groups excluding tert-OH is 1. The summed E-state index contributed by atoms with van der Waals surface area (Å²) in [5.74, 6) is 0.758. The number of halogens is 1. The maximum atomic E-state index is 9.38. The van der Waals surface area contributed by atoms with E-state index >= 15 is 0 Å². The molecule has 0 atom stereocenters. The maximum Gasteiger partial charge on any atom is 0.0931 e. The Morgan fingerprint density at radius 2 is 2.00 bits per heavy atom. The summed E-state index contributed by atoms with van der Waals surface area (Å²) in [4.78, 5) is 1.39. The molecule has 1 aromatic heterocycles. The van der Waals surface area contributed by atoms with E-state index in [0.29, 0.717) is 0 Å². The van der Waals surface area contributed by atoms with E-state index in [1.807, 2.05) is 6.07 Å². The second kappa shape index (κ2) is 4.65. The molecule has 0 unspecified atom stereocenters. The van der Waals surface area contributed by atoms with Gasteiger partial charge in [0.05, 0.1) is 10.4 Å². The third-order valence-electron chi connectivity index (χ3n) is 2.93. The van der Waals surface area contributed by atoms with Crippen LogP contribution in [0.5, 0.6) is 0 Å². The molecular formula is C11H15ClOS. The Balaban J connectivity index is 1.86. The molecule has 1 heterocycles. The lowest BCUT2D eigenvalue weighted by Crippen LogP contribution is -2.19. The predicted octanol–water partition coefficient (Wildman–Crippen LogP) is 3.50. The quantitative estimate of drug-likeness (QED) is 0.825. The molecule has 0 bridgehead atoms. The Labute approximate surface area is 93.7 Å². The molecule has 14 heavy (non-hydrogen) atoms. The zero-order valence-corrected chi connectivity index (χ0v) is 9.65. The van der Waals surface area contributed by atoms with E-state index in [1.165, 1.54) is 4.88 Å². The smallest absolute Gasteiger partial charge is 0.0931 e. The minimum Gasteiger partial charge on any atom is -0.393 e. The molecule has 3 heteroatoms. The molecule has 1 N–H and O–H groups in total. The highest BCUT2D eigenvalue weighted by atomic mass is 35.5. The highest BCUT2D eigenvalue weighted by Crippen LogP contribution is 2.30. The molecule has 1 aromatic rings. The molecule has 1 aliphatic carbocycles. The van der Waals surface area contributed by atoms with Gasteiger partial charge in [0, 0.05) is 4.88 Å². The summed E-state index contributed by atoms with van der Waals surface area (Å²) in [6.07, 6.45) is 5.38. The van der Waals surface area contributed by atoms with Gasteiger partial charge in [-0.2, -0.15) is 0 Å². The van der Waals surface area contributed by atoms with Gasteiger partial charge in [-0.25, -0.2) is 0 Å². The Hall–Kier alpha value is -0.0500. The van der Waals surface area contributed by atoms with Gasteiger partial charge in [-0.1, -0.05) is 11.6 Å². The minimum atomic E-state index is -0.0434. The molecule has 0 aliphatic heterocycles. The van der Waals surface area contributed by atoms with Gasteiger partial charge in [0.15, 0.2) is 0 Å². The Morgan fingerprint density at radius 1 is 1.29 bits per heavy atom. The van der Waals surface area contributed by atoms with Crippen LogP contribution in [0.25, 0.3) is 0 Å². The molecule has 78 valence electrons. The number of hydrogen-bond donors (Lipinski definition) is 1. The van der Waals surface area contributed by atoms with Gasteiger partial charge in [-0.05, 0) is 50.2 Å². The van der Waals surface area contributed by atoms with Crippen molar-refractivity contribution in [3.63, 3.8) is 0 Å². The molecule has 0 aromatic carbocycles. The van der Waals surface area contributed by atoms with Gasteiger partial charge in [0.1, 0.15) is 0 Å². The van der Waals surface area contributed by atoms with Crippen LogP contribution in [0.3, 0.4) is 0 Å². The lowest BCUT2D eigenvalue weighted by Gasteiger charge is -2.24. The summed E-state index contributed by atoms with van der Waals surface area (Å²) in [5, 5.41) is 9.38. The fourth-order valence-electron chi connectivity index (χ4n) is 2.09. The van der Waals surface area contributed by atoms with Crippen molar-refractivity contribution in [1.82, 2.24) is 0 Å². The monoisotopic (exact) mass is 230 g/mol. The largest absolute Gasteiger partial charge is 0.393 e. The fourth-order valence-corrected chi connectivity index (χ4v) is 3.30. The molecule has 2 rings (SSSR count). The predicted molar refractivity (Wildman–Crippen MR) is 61.0 cm³/mol. The van der Waals surface area contributed by atoms with Crippen LogP contribution in [0.1, 0.15) is 30.6 Å². The van der Waals surface area contributed by atoms with Crippen molar-refractivity contribution >= 4 is 22.9 Å². The van der Waals surface area contributed by atoms with Crippen molar-refractivity contribution in [3.8, 4) is 0 Å². The third kappa shape index (κ3) is 2.72. The molecule has 0 amide bonds. The van der Waals surface area contributed by atoms with Crippen molar-refractivity contribution in [2.24, 2.45) is 5.92 Å². The second-order valence-electron chi connectivity index (χ2n) is 4.08. The van der Waals surface area contributed by atoms with Crippen LogP contribution in [-0.4, -0.2) is 11.2 Å². The fraction of sp³-hybridized carbons (Fsp3) is 0.636. The molecule has 0 saturated heterocycles. The lowest BCUT2D eigenvalue weighted by molar-refractivity contribution is 0.109. The lowest BCUT2D eigenvalue weighted by atomic mass is 9.85. The van der Waals surface area contributed by atoms with E-state index in [1.54, 1.807) is 11.3 Å². The molecule has 0 spiro atoms. The molecule has 1 aliphatic rings. The van der Waals surface area contributed by atoms with Crippen LogP contribution in [0, 0.1) is 5.92 Å². The zero-order valence-electron chi connectivity index (χ0n) is 8.08. The van der Waals surface area contributed by atoms with Gasteiger partial charge in [-0.15, -0.1) is 11.3 Å². The topological polar surface area (TPSA) is 20.2 Å². The number of rotatable bonds is 2. The van der Waals surface area contributed by atoms with Gasteiger partial charge < -0.3 is 5.11 Å². The van der Waals surface area contributed by atoms with E-state index in [9.17, 15) is 5.11 Å². The van der Waals surface area contributed by atoms with E-state index in [2.05, 4.69) is 6.07 Å². The Bertz CT molecular complexity index is 289. The standard InChI is InChI=1S/C11H15ClOS/c12-11-6-5-10(14-11)7-8-1-3-9(13)4-2-8/h5-6,8-9,13H,1-4,7H2. The molecule has 0 radical (unpaired) electrons. The van der Waals surface area contributed by atoms with Crippen LogP contribution in [0.4, 0.5) is 0 Å². The van der Waals surface area contributed by atoms with Gasteiger partial charge in [-0.3, -0.25) is 0 Å². The van der Waals surface area contributed by atoms with Crippen molar-refractivity contribution < 1.29 is 5.11 Å². The Morgan fingerprint density at radius 3 is 2.57 bits per heavy atom. The van der Waals surface area contributed by atoms with Crippen molar-refractivity contribution in [3.05, 3.63) is 21.3 Å². The summed E-state index contributed by atoms with van der Waals surface area (Å²) in [6, 6.07) is 4.09. The van der Waals surface area contributed by atoms with Crippen LogP contribution >= 0.6 is 22.9 Å². The van der Waals surface area contributed by atoms with Gasteiger partial charge >= 0.3 is 0 Å². The summed E-state index contributed by atoms with van der Waals surface area (Å²) < 4.78 is 0.885. The summed E-state index contributed by atoms with van der Waals surface area (Å²) in [6.45, 7) is 0. The maximum absolute atomic E-state index is 9.38. The molecule has 1 nitrogen and oxygen atoms in total. The van der Waals surface area contributed by atoms with E-state index < -0.39 is 0 Å². The first-order valence-corrected chi connectivity index (χ1v) is 6.36. The number of thiophene rings is 1. The normalized spacial score (nSPS) is 27.9. The number of hydrogen-bond acceptors (Lipinski definition) is 2. The highest BCUT2D eigenvalue weighted by molar-refractivity contribution is 7.16. The van der Waals surface area contributed by atoms with E-state index in [-0.39, 0.29) is 6.10 Å². The van der Waals surface area contributed by atoms with Crippen LogP contribution in [0.15, 0.2) is 12.1 Å². The van der Waals surface area contributed by atoms with E-state index in [0.717, 1.165) is 42.4 Å². The van der Waals surface area contributed by atoms with Gasteiger partial charge in [0.25, 0.3) is 0 Å². The average molecular weight is 231 g/mol. The van der Waals surface area contributed by atoms with Crippen molar-refractivity contribution in [1.29, 1.82) is 0 Å². The SMILES string of the molecule is OC1CCC(Cc2ccc(Cl)s2)CC1. The van der Waals surface area contributed by atoms with Crippen LogP contribution in [0.2, 0.25) is 4.34 Å². The minimum absolute atomic E-state index is 0.0434. The zero-order chi connectivity index (χ0) is 9.97. The summed E-state index contributed by atoms with van der Waals surface area (Å²) >= 11 is 7.56. The van der Waals surface area contributed by atoms with Crippen LogP contribution in [-0.2, 0) is 6.42 Å². The highest BCUT2D eigenvalue weighted by Gasteiger charge is 2.19. The second-order valence-corrected chi connectivity index (χ2v) is 5.88. The summed E-state index contributed by atoms with van der Waals surface area (Å²) in [5.41, 5.74) is 0. The summed E-state index contributed by atoms with van der Waals surface area (Å²) in [7, 11) is 0. The van der Waals surface area contributed by atoms with Crippen molar-refractivity contribution in [2.75, 3.05) is 0 Å². The van der Waals surface area contributed by atoms with E-state index in [4.69, 9.17) is 11.6 Å². The van der Waals surface area contributed by atoms with Crippen LogP contribution < -0.4 is 0 Å². The molecular weight excluding hydrogens is 216 g/mol. The molecule has 1 fully saturated rings. The number of aliphatic hydroxyl groups is 1. The first-order valence-electron chi connectivity index (χ1n) is 5.16. The molecule has 1 saturated carbocycles. The first-order chi connectivity index (χ1) is 6.74. The Kier molecular flexibility index (Phi) is 3.47. The van der Waals surface area contributed by atoms with Gasteiger partial charge in [0.2, 0.25) is 0 Å². The first kappa shape index (κ1) is 10.5. The third-order valence-corrected chi connectivity index (χ3v) is 4.19. The average Bonchev–Trinajstić information content (AvgIpc) is 2.56. The van der Waals surface area contributed by atoms with Crippen molar-refractivity contribution in [2.45, 2.75) is 38.2 Å².